The predicted octanol–water partition coefficient (Wildman–Crippen LogP) is 4.69. The zero-order valence-corrected chi connectivity index (χ0v) is 16.9. The molecule has 2 rings (SSSR count). The lowest BCUT2D eigenvalue weighted by atomic mass is 10.1. The molecule has 4 nitrogen and oxygen atoms in total. The van der Waals surface area contributed by atoms with E-state index in [-0.39, 0.29) is 23.8 Å². The molecule has 0 spiro atoms. The normalized spacial score (nSPS) is 11.2. The van der Waals surface area contributed by atoms with E-state index >= 15 is 0 Å². The number of methoxy groups -OCH3 is 1. The van der Waals surface area contributed by atoms with Gasteiger partial charge in [0.15, 0.2) is 18.1 Å². The second kappa shape index (κ2) is 10.4. The summed E-state index contributed by atoms with van der Waals surface area (Å²) in [4.78, 5) is 12.0. The van der Waals surface area contributed by atoms with Gasteiger partial charge in [0, 0.05) is 17.4 Å². The number of carbonyl (C=O) groups excluding carboxylic acids is 1. The number of amides is 1. The Bertz CT molecular complexity index is 797. The molecule has 0 saturated carbocycles. The van der Waals surface area contributed by atoms with E-state index < -0.39 is 12.8 Å². The fourth-order valence-electron chi connectivity index (χ4n) is 2.53. The molecule has 152 valence electrons. The Kier molecular flexibility index (Phi) is 8.17. The number of aryl methyl sites for hydroxylation is 1. The zero-order chi connectivity index (χ0) is 20.6. The smallest absolute Gasteiger partial charge is 0.422 e. The van der Waals surface area contributed by atoms with Crippen molar-refractivity contribution in [3.63, 3.8) is 0 Å². The number of ether oxygens (including phenoxy) is 2. The van der Waals surface area contributed by atoms with Crippen LogP contribution in [0.4, 0.5) is 13.2 Å². The molecule has 0 aliphatic carbocycles. The number of hydrogen-bond acceptors (Lipinski definition) is 3. The molecule has 0 saturated heterocycles. The molecule has 0 bridgehead atoms. The summed E-state index contributed by atoms with van der Waals surface area (Å²) >= 11 is 3.47. The summed E-state index contributed by atoms with van der Waals surface area (Å²) in [5.41, 5.74) is 1.89. The molecule has 0 aliphatic rings. The van der Waals surface area contributed by atoms with Gasteiger partial charge in [-0.25, -0.2) is 0 Å². The molecule has 0 aromatic heterocycles. The maximum atomic E-state index is 12.3. The van der Waals surface area contributed by atoms with Crippen molar-refractivity contribution in [3.05, 3.63) is 58.1 Å². The summed E-state index contributed by atoms with van der Waals surface area (Å²) in [5.74, 6) is 0.126. The van der Waals surface area contributed by atoms with Gasteiger partial charge in [0.25, 0.3) is 0 Å². The third-order valence-electron chi connectivity index (χ3n) is 3.93. The van der Waals surface area contributed by atoms with E-state index in [1.54, 1.807) is 12.1 Å². The molecule has 0 fully saturated rings. The molecule has 28 heavy (non-hydrogen) atoms. The van der Waals surface area contributed by atoms with Crippen LogP contribution >= 0.6 is 15.9 Å². The van der Waals surface area contributed by atoms with Crippen molar-refractivity contribution < 1.29 is 27.4 Å². The Labute approximate surface area is 170 Å². The molecule has 1 amide bonds. The first kappa shape index (κ1) is 22.1. The summed E-state index contributed by atoms with van der Waals surface area (Å²) in [6.07, 6.45) is -3.00. The predicted molar refractivity (Wildman–Crippen MR) is 104 cm³/mol. The highest BCUT2D eigenvalue weighted by Crippen LogP contribution is 2.30. The number of nitrogens with one attached hydrogen (secondary N) is 1. The highest BCUT2D eigenvalue weighted by molar-refractivity contribution is 9.10. The average Bonchev–Trinajstić information content (AvgIpc) is 2.66. The lowest BCUT2D eigenvalue weighted by Crippen LogP contribution is -2.26. The maximum Gasteiger partial charge on any atom is 0.422 e. The standard InChI is InChI=1S/C20H21BrF3NO3/c1-27-18-12-14(6-8-17(18)28-13-20(22,23)24)7-9-19(26)25-11-10-15-4-2-3-5-16(15)21/h2-6,8,12H,7,9-11,13H2,1H3,(H,25,26). The van der Waals surface area contributed by atoms with Crippen LogP contribution in [0.1, 0.15) is 17.5 Å². The van der Waals surface area contributed by atoms with Crippen LogP contribution in [-0.4, -0.2) is 32.3 Å². The summed E-state index contributed by atoms with van der Waals surface area (Å²) in [7, 11) is 1.36. The van der Waals surface area contributed by atoms with Crippen LogP contribution in [-0.2, 0) is 17.6 Å². The number of halogens is 4. The van der Waals surface area contributed by atoms with E-state index in [0.717, 1.165) is 15.6 Å². The van der Waals surface area contributed by atoms with Gasteiger partial charge in [0.05, 0.1) is 7.11 Å². The van der Waals surface area contributed by atoms with Crippen molar-refractivity contribution >= 4 is 21.8 Å². The van der Waals surface area contributed by atoms with Gasteiger partial charge in [-0.15, -0.1) is 0 Å². The monoisotopic (exact) mass is 459 g/mol. The molecule has 0 atom stereocenters. The topological polar surface area (TPSA) is 47.6 Å². The van der Waals surface area contributed by atoms with Crippen molar-refractivity contribution in [2.45, 2.75) is 25.4 Å². The molecular weight excluding hydrogens is 439 g/mol. The fraction of sp³-hybridized carbons (Fsp3) is 0.350. The Hall–Kier alpha value is -2.22. The first-order valence-electron chi connectivity index (χ1n) is 8.65. The van der Waals surface area contributed by atoms with E-state index in [1.807, 2.05) is 24.3 Å². The molecule has 2 aromatic rings. The van der Waals surface area contributed by atoms with E-state index in [2.05, 4.69) is 21.2 Å². The van der Waals surface area contributed by atoms with Crippen LogP contribution in [0.5, 0.6) is 11.5 Å². The largest absolute Gasteiger partial charge is 0.493 e. The van der Waals surface area contributed by atoms with Gasteiger partial charge in [-0.2, -0.15) is 13.2 Å². The number of alkyl halides is 3. The average molecular weight is 460 g/mol. The van der Waals surface area contributed by atoms with E-state index in [1.165, 1.54) is 13.2 Å². The lowest BCUT2D eigenvalue weighted by molar-refractivity contribution is -0.153. The minimum atomic E-state index is -4.42. The third kappa shape index (κ3) is 7.42. The van der Waals surface area contributed by atoms with Crippen molar-refractivity contribution in [1.29, 1.82) is 0 Å². The molecule has 0 radical (unpaired) electrons. The van der Waals surface area contributed by atoms with Crippen LogP contribution in [0.3, 0.4) is 0 Å². The summed E-state index contributed by atoms with van der Waals surface area (Å²) in [5, 5.41) is 2.86. The number of hydrogen-bond donors (Lipinski definition) is 1. The molecule has 0 aliphatic heterocycles. The van der Waals surface area contributed by atoms with Crippen molar-refractivity contribution in [3.8, 4) is 11.5 Å². The second-order valence-corrected chi connectivity index (χ2v) is 6.93. The summed E-state index contributed by atoms with van der Waals surface area (Å²) in [6, 6.07) is 12.4. The molecule has 0 heterocycles. The van der Waals surface area contributed by atoms with E-state index in [0.29, 0.717) is 19.4 Å². The van der Waals surface area contributed by atoms with Gasteiger partial charge >= 0.3 is 6.18 Å². The van der Waals surface area contributed by atoms with Crippen molar-refractivity contribution in [2.24, 2.45) is 0 Å². The van der Waals surface area contributed by atoms with Gasteiger partial charge in [0.1, 0.15) is 0 Å². The van der Waals surface area contributed by atoms with Crippen LogP contribution in [0, 0.1) is 0 Å². The van der Waals surface area contributed by atoms with Crippen molar-refractivity contribution in [2.75, 3.05) is 20.3 Å². The zero-order valence-electron chi connectivity index (χ0n) is 15.3. The quantitative estimate of drug-likeness (QED) is 0.591. The maximum absolute atomic E-state index is 12.3. The Morgan fingerprint density at radius 1 is 1.11 bits per heavy atom. The molecular formula is C20H21BrF3NO3. The Morgan fingerprint density at radius 3 is 2.54 bits per heavy atom. The molecule has 2 aromatic carbocycles. The van der Waals surface area contributed by atoms with E-state index in [9.17, 15) is 18.0 Å². The number of carbonyl (C=O) groups is 1. The summed E-state index contributed by atoms with van der Waals surface area (Å²) < 4.78 is 47.7. The van der Waals surface area contributed by atoms with Crippen LogP contribution < -0.4 is 14.8 Å². The number of rotatable bonds is 9. The Balaban J connectivity index is 1.81. The van der Waals surface area contributed by atoms with Crippen LogP contribution in [0.15, 0.2) is 46.9 Å². The van der Waals surface area contributed by atoms with E-state index in [4.69, 9.17) is 9.47 Å². The molecule has 0 unspecified atom stereocenters. The van der Waals surface area contributed by atoms with Crippen LogP contribution in [0.25, 0.3) is 0 Å². The van der Waals surface area contributed by atoms with Gasteiger partial charge in [-0.05, 0) is 42.2 Å². The Morgan fingerprint density at radius 2 is 1.86 bits per heavy atom. The molecule has 1 N–H and O–H groups in total. The summed E-state index contributed by atoms with van der Waals surface area (Å²) in [6.45, 7) is -0.863. The lowest BCUT2D eigenvalue weighted by Gasteiger charge is -2.13. The minimum Gasteiger partial charge on any atom is -0.493 e. The highest BCUT2D eigenvalue weighted by atomic mass is 79.9. The van der Waals surface area contributed by atoms with Gasteiger partial charge in [-0.1, -0.05) is 40.2 Å². The first-order valence-corrected chi connectivity index (χ1v) is 9.44. The van der Waals surface area contributed by atoms with Gasteiger partial charge in [0.2, 0.25) is 5.91 Å². The van der Waals surface area contributed by atoms with Gasteiger partial charge < -0.3 is 14.8 Å². The van der Waals surface area contributed by atoms with Crippen LogP contribution in [0.2, 0.25) is 0 Å². The third-order valence-corrected chi connectivity index (χ3v) is 4.71. The first-order chi connectivity index (χ1) is 13.3. The van der Waals surface area contributed by atoms with Gasteiger partial charge in [-0.3, -0.25) is 4.79 Å². The molecule has 8 heteroatoms. The SMILES string of the molecule is COc1cc(CCC(=O)NCCc2ccccc2Br)ccc1OCC(F)(F)F. The fourth-order valence-corrected chi connectivity index (χ4v) is 3.01. The van der Waals surface area contributed by atoms with Crippen molar-refractivity contribution in [1.82, 2.24) is 5.32 Å². The second-order valence-electron chi connectivity index (χ2n) is 6.08. The highest BCUT2D eigenvalue weighted by Gasteiger charge is 2.29. The number of benzene rings is 2. The minimum absolute atomic E-state index is 0.0152.